The Morgan fingerprint density at radius 2 is 1.94 bits per heavy atom. The van der Waals surface area contributed by atoms with Crippen LogP contribution in [0.3, 0.4) is 0 Å². The second kappa shape index (κ2) is 9.23. The van der Waals surface area contributed by atoms with E-state index in [1.54, 1.807) is 6.07 Å². The van der Waals surface area contributed by atoms with Gasteiger partial charge in [0, 0.05) is 41.0 Å². The van der Waals surface area contributed by atoms with Crippen molar-refractivity contribution in [2.45, 2.75) is 12.8 Å². The third-order valence-electron chi connectivity index (χ3n) is 4.64. The Kier molecular flexibility index (Phi) is 6.35. The summed E-state index contributed by atoms with van der Waals surface area (Å²) >= 11 is 5.80. The number of aliphatic hydroxyl groups excluding tert-OH is 1. The molecule has 0 unspecified atom stereocenters. The highest BCUT2D eigenvalue weighted by Gasteiger charge is 2.34. The fourth-order valence-corrected chi connectivity index (χ4v) is 3.23. The van der Waals surface area contributed by atoms with Crippen molar-refractivity contribution < 1.29 is 27.4 Å². The number of alkyl halides is 3. The Balaban J connectivity index is 1.82. The average Bonchev–Trinajstić information content (AvgIpc) is 3.32. The summed E-state index contributed by atoms with van der Waals surface area (Å²) in [6, 6.07) is 6.21. The van der Waals surface area contributed by atoms with Crippen molar-refractivity contribution in [3.63, 3.8) is 0 Å². The molecular formula is C21H15ClF4N6O2. The third kappa shape index (κ3) is 4.77. The first-order valence-corrected chi connectivity index (χ1v) is 9.94. The molecule has 0 saturated carbocycles. The molecule has 1 aromatic carbocycles. The van der Waals surface area contributed by atoms with Gasteiger partial charge in [-0.25, -0.2) is 19.0 Å². The first-order valence-electron chi connectivity index (χ1n) is 9.56. The molecule has 8 nitrogen and oxygen atoms in total. The van der Waals surface area contributed by atoms with Crippen LogP contribution in [0, 0.1) is 5.82 Å². The lowest BCUT2D eigenvalue weighted by Gasteiger charge is -2.13. The monoisotopic (exact) mass is 494 g/mol. The quantitative estimate of drug-likeness (QED) is 0.372. The lowest BCUT2D eigenvalue weighted by atomic mass is 10.1. The van der Waals surface area contributed by atoms with Gasteiger partial charge in [0.05, 0.1) is 18.7 Å². The number of nitrogens with one attached hydrogen (secondary N) is 1. The van der Waals surface area contributed by atoms with Crippen LogP contribution in [0.1, 0.15) is 11.3 Å². The molecular weight excluding hydrogens is 480 g/mol. The lowest BCUT2D eigenvalue weighted by Crippen LogP contribution is -2.10. The normalized spacial score (nSPS) is 11.5. The number of benzene rings is 1. The van der Waals surface area contributed by atoms with Crippen molar-refractivity contribution in [1.29, 1.82) is 0 Å². The van der Waals surface area contributed by atoms with E-state index in [9.17, 15) is 22.7 Å². The number of hydrogen-bond acceptors (Lipinski definition) is 7. The van der Waals surface area contributed by atoms with E-state index in [1.165, 1.54) is 31.6 Å². The van der Waals surface area contributed by atoms with Gasteiger partial charge in [0.25, 0.3) is 0 Å². The average molecular weight is 495 g/mol. The number of pyridine rings is 1. The number of hydrogen-bond donors (Lipinski definition) is 2. The fraction of sp³-hybridized carbons (Fsp3) is 0.143. The summed E-state index contributed by atoms with van der Waals surface area (Å²) in [5, 5.41) is 15.9. The smallest absolute Gasteiger partial charge is 0.435 e. The maximum absolute atomic E-state index is 13.5. The second-order valence-corrected chi connectivity index (χ2v) is 7.29. The number of nitrogens with zero attached hydrogens (tertiary/aromatic N) is 5. The summed E-state index contributed by atoms with van der Waals surface area (Å²) in [5.41, 5.74) is 0.284. The summed E-state index contributed by atoms with van der Waals surface area (Å²) in [7, 11) is 1.39. The Morgan fingerprint density at radius 1 is 1.15 bits per heavy atom. The van der Waals surface area contributed by atoms with Gasteiger partial charge in [0.1, 0.15) is 5.82 Å². The molecule has 0 aliphatic rings. The number of halogens is 5. The molecule has 0 saturated heterocycles. The van der Waals surface area contributed by atoms with Gasteiger partial charge < -0.3 is 15.2 Å². The molecule has 4 aromatic rings. The van der Waals surface area contributed by atoms with Gasteiger partial charge in [-0.05, 0) is 30.3 Å². The maximum Gasteiger partial charge on any atom is 0.435 e. The van der Waals surface area contributed by atoms with E-state index in [-0.39, 0.29) is 34.8 Å². The van der Waals surface area contributed by atoms with Gasteiger partial charge in [0.15, 0.2) is 11.5 Å². The van der Waals surface area contributed by atoms with Gasteiger partial charge in [-0.15, -0.1) is 0 Å². The highest BCUT2D eigenvalue weighted by Crippen LogP contribution is 2.32. The van der Waals surface area contributed by atoms with Crippen LogP contribution in [0.25, 0.3) is 16.9 Å². The van der Waals surface area contributed by atoms with Crippen molar-refractivity contribution in [3.8, 4) is 22.8 Å². The van der Waals surface area contributed by atoms with E-state index in [0.29, 0.717) is 16.8 Å². The zero-order valence-electron chi connectivity index (χ0n) is 17.3. The number of aromatic nitrogens is 5. The number of rotatable bonds is 6. The van der Waals surface area contributed by atoms with Crippen molar-refractivity contribution in [2.24, 2.45) is 0 Å². The van der Waals surface area contributed by atoms with E-state index >= 15 is 0 Å². The predicted octanol–water partition coefficient (Wildman–Crippen LogP) is 4.78. The van der Waals surface area contributed by atoms with Crippen LogP contribution in [0.4, 0.5) is 29.2 Å². The zero-order valence-corrected chi connectivity index (χ0v) is 18.1. The Labute approximate surface area is 194 Å². The van der Waals surface area contributed by atoms with Crippen molar-refractivity contribution in [2.75, 3.05) is 12.4 Å². The molecule has 3 heterocycles. The van der Waals surface area contributed by atoms with Crippen LogP contribution in [0.5, 0.6) is 5.88 Å². The molecule has 0 atom stereocenters. The molecule has 3 aromatic heterocycles. The largest absolute Gasteiger partial charge is 0.481 e. The highest BCUT2D eigenvalue weighted by molar-refractivity contribution is 6.31. The van der Waals surface area contributed by atoms with E-state index in [4.69, 9.17) is 16.3 Å². The molecule has 0 aliphatic carbocycles. The topological polar surface area (TPSA) is 98.0 Å². The van der Waals surface area contributed by atoms with E-state index in [0.717, 1.165) is 23.0 Å². The predicted molar refractivity (Wildman–Crippen MR) is 115 cm³/mol. The standard InChI is InChI=1S/C21H15ClF4N6O2/c1-34-19-12(10-33)6-11(8-27-19)14-9-28-20(29-13-2-3-16(23)15(22)7-13)30-18(14)32-5-4-17(31-32)21(24,25)26/h2-9,33H,10H2,1H3,(H,28,29,30). The van der Waals surface area contributed by atoms with Gasteiger partial charge in [-0.2, -0.15) is 23.3 Å². The zero-order chi connectivity index (χ0) is 24.5. The van der Waals surface area contributed by atoms with Gasteiger partial charge >= 0.3 is 6.18 Å². The Bertz CT molecular complexity index is 1350. The third-order valence-corrected chi connectivity index (χ3v) is 4.93. The van der Waals surface area contributed by atoms with Crippen LogP contribution in [-0.2, 0) is 12.8 Å². The maximum atomic E-state index is 13.5. The molecule has 176 valence electrons. The summed E-state index contributed by atoms with van der Waals surface area (Å²) < 4.78 is 58.9. The van der Waals surface area contributed by atoms with Crippen LogP contribution < -0.4 is 10.1 Å². The summed E-state index contributed by atoms with van der Waals surface area (Å²) in [4.78, 5) is 12.6. The van der Waals surface area contributed by atoms with Crippen LogP contribution in [0.2, 0.25) is 5.02 Å². The number of anilines is 2. The van der Waals surface area contributed by atoms with E-state index in [1.807, 2.05) is 0 Å². The first kappa shape index (κ1) is 23.4. The number of methoxy groups -OCH3 is 1. The molecule has 4 rings (SSSR count). The Hall–Kier alpha value is -3.77. The van der Waals surface area contributed by atoms with Crippen molar-refractivity contribution in [1.82, 2.24) is 24.7 Å². The highest BCUT2D eigenvalue weighted by atomic mass is 35.5. The molecule has 0 amide bonds. The van der Waals surface area contributed by atoms with E-state index in [2.05, 4.69) is 25.4 Å². The molecule has 0 aliphatic heterocycles. The van der Waals surface area contributed by atoms with Crippen LogP contribution >= 0.6 is 11.6 Å². The van der Waals surface area contributed by atoms with E-state index < -0.39 is 17.7 Å². The minimum atomic E-state index is -4.66. The number of aliphatic hydroxyl groups is 1. The second-order valence-electron chi connectivity index (χ2n) is 6.88. The molecule has 34 heavy (non-hydrogen) atoms. The number of ether oxygens (including phenoxy) is 1. The summed E-state index contributed by atoms with van der Waals surface area (Å²) in [6.07, 6.45) is -0.788. The molecule has 0 fully saturated rings. The lowest BCUT2D eigenvalue weighted by molar-refractivity contribution is -0.141. The van der Waals surface area contributed by atoms with Gasteiger partial charge in [-0.3, -0.25) is 0 Å². The van der Waals surface area contributed by atoms with Crippen LogP contribution in [0.15, 0.2) is 48.9 Å². The first-order chi connectivity index (χ1) is 16.2. The fourth-order valence-electron chi connectivity index (χ4n) is 3.05. The summed E-state index contributed by atoms with van der Waals surface area (Å²) in [6.45, 7) is -0.384. The molecule has 0 bridgehead atoms. The molecule has 0 spiro atoms. The van der Waals surface area contributed by atoms with Gasteiger partial charge in [0.2, 0.25) is 11.8 Å². The minimum Gasteiger partial charge on any atom is -0.481 e. The minimum absolute atomic E-state index is 0.00272. The molecule has 0 radical (unpaired) electrons. The van der Waals surface area contributed by atoms with Crippen molar-refractivity contribution >= 4 is 23.2 Å². The van der Waals surface area contributed by atoms with Gasteiger partial charge in [-0.1, -0.05) is 11.6 Å². The Morgan fingerprint density at radius 3 is 2.59 bits per heavy atom. The van der Waals surface area contributed by atoms with Crippen molar-refractivity contribution in [3.05, 3.63) is 71.0 Å². The SMILES string of the molecule is COc1ncc(-c2cnc(Nc3ccc(F)c(Cl)c3)nc2-n2ccc(C(F)(F)F)n2)cc1CO. The summed E-state index contributed by atoms with van der Waals surface area (Å²) in [5.74, 6) is -0.433. The molecule has 13 heteroatoms. The molecule has 2 N–H and O–H groups in total. The van der Waals surface area contributed by atoms with Crippen LogP contribution in [-0.4, -0.2) is 36.9 Å².